The number of nitro groups is 1. The van der Waals surface area contributed by atoms with Crippen molar-refractivity contribution in [2.75, 3.05) is 5.32 Å². The number of aromatic nitrogens is 1. The first-order chi connectivity index (χ1) is 9.49. The van der Waals surface area contributed by atoms with Gasteiger partial charge < -0.3 is 5.32 Å². The van der Waals surface area contributed by atoms with Gasteiger partial charge in [0.05, 0.1) is 15.1 Å². The molecule has 0 saturated carbocycles. The number of carbonyl (C=O) groups excluding carboxylic acids is 1. The van der Waals surface area contributed by atoms with E-state index in [1.54, 1.807) is 0 Å². The lowest BCUT2D eigenvalue weighted by molar-refractivity contribution is -0.385. The lowest BCUT2D eigenvalue weighted by atomic mass is 10.1. The number of pyridine rings is 1. The van der Waals surface area contributed by atoms with Crippen LogP contribution in [0.25, 0.3) is 0 Å². The number of carbonyl (C=O) groups is 1. The van der Waals surface area contributed by atoms with Crippen LogP contribution in [0.2, 0.25) is 0 Å². The molecule has 0 saturated heterocycles. The molecule has 0 unspecified atom stereocenters. The smallest absolute Gasteiger partial charge is 0.282 e. The number of halogens is 2. The standard InChI is InChI=1S/C12H7BrFN3O3/c13-9-6-15-4-3-10(9)16-12(18)8-5-7(14)1-2-11(8)17(19)20/h1-6H,(H,15,16,18). The van der Waals surface area contributed by atoms with Gasteiger partial charge in [0.1, 0.15) is 11.4 Å². The highest BCUT2D eigenvalue weighted by atomic mass is 79.9. The van der Waals surface area contributed by atoms with Crippen LogP contribution in [0, 0.1) is 15.9 Å². The molecule has 0 aliphatic rings. The highest BCUT2D eigenvalue weighted by Crippen LogP contribution is 2.24. The number of hydrogen-bond acceptors (Lipinski definition) is 4. The summed E-state index contributed by atoms with van der Waals surface area (Å²) in [5.41, 5.74) is -0.434. The van der Waals surface area contributed by atoms with E-state index >= 15 is 0 Å². The van der Waals surface area contributed by atoms with E-state index in [1.807, 2.05) is 0 Å². The molecule has 0 aliphatic carbocycles. The third-order valence-electron chi connectivity index (χ3n) is 2.42. The number of anilines is 1. The Kier molecular flexibility index (Phi) is 4.04. The molecule has 102 valence electrons. The van der Waals surface area contributed by atoms with Crippen LogP contribution in [0.1, 0.15) is 10.4 Å². The largest absolute Gasteiger partial charge is 0.321 e. The summed E-state index contributed by atoms with van der Waals surface area (Å²) in [6, 6.07) is 4.21. The van der Waals surface area contributed by atoms with Gasteiger partial charge in [-0.1, -0.05) is 0 Å². The van der Waals surface area contributed by atoms with E-state index < -0.39 is 22.3 Å². The van der Waals surface area contributed by atoms with Gasteiger partial charge in [0.25, 0.3) is 11.6 Å². The van der Waals surface area contributed by atoms with E-state index in [9.17, 15) is 19.3 Å². The first kappa shape index (κ1) is 14.1. The van der Waals surface area contributed by atoms with E-state index in [2.05, 4.69) is 26.2 Å². The van der Waals surface area contributed by atoms with Crippen LogP contribution in [0.3, 0.4) is 0 Å². The Bertz CT molecular complexity index is 693. The zero-order chi connectivity index (χ0) is 14.7. The van der Waals surface area contributed by atoms with Crippen molar-refractivity contribution in [1.29, 1.82) is 0 Å². The quantitative estimate of drug-likeness (QED) is 0.687. The predicted molar refractivity (Wildman–Crippen MR) is 72.9 cm³/mol. The first-order valence-electron chi connectivity index (χ1n) is 5.34. The first-order valence-corrected chi connectivity index (χ1v) is 6.13. The summed E-state index contributed by atoms with van der Waals surface area (Å²) in [7, 11) is 0. The monoisotopic (exact) mass is 339 g/mol. The fourth-order valence-electron chi connectivity index (χ4n) is 1.52. The van der Waals surface area contributed by atoms with Crippen LogP contribution < -0.4 is 5.32 Å². The van der Waals surface area contributed by atoms with Crippen LogP contribution >= 0.6 is 15.9 Å². The molecule has 20 heavy (non-hydrogen) atoms. The van der Waals surface area contributed by atoms with E-state index in [1.165, 1.54) is 18.5 Å². The number of rotatable bonds is 3. The Morgan fingerprint density at radius 1 is 1.40 bits per heavy atom. The van der Waals surface area contributed by atoms with Crippen molar-refractivity contribution < 1.29 is 14.1 Å². The number of hydrogen-bond donors (Lipinski definition) is 1. The second-order valence-corrected chi connectivity index (χ2v) is 4.58. The molecule has 0 spiro atoms. The maximum atomic E-state index is 13.2. The summed E-state index contributed by atoms with van der Waals surface area (Å²) >= 11 is 3.17. The van der Waals surface area contributed by atoms with E-state index in [0.29, 0.717) is 10.2 Å². The molecule has 8 heteroatoms. The second kappa shape index (κ2) is 5.74. The molecular formula is C12H7BrFN3O3. The maximum absolute atomic E-state index is 13.2. The summed E-state index contributed by atoms with van der Waals surface area (Å²) in [6.07, 6.45) is 2.90. The van der Waals surface area contributed by atoms with Gasteiger partial charge in [0, 0.05) is 18.5 Å². The van der Waals surface area contributed by atoms with Crippen molar-refractivity contribution in [1.82, 2.24) is 4.98 Å². The van der Waals surface area contributed by atoms with Crippen molar-refractivity contribution in [3.05, 3.63) is 62.6 Å². The minimum atomic E-state index is -0.775. The highest BCUT2D eigenvalue weighted by Gasteiger charge is 2.21. The van der Waals surface area contributed by atoms with Crippen LogP contribution in [-0.4, -0.2) is 15.8 Å². The molecule has 0 radical (unpaired) electrons. The summed E-state index contributed by atoms with van der Waals surface area (Å²) < 4.78 is 13.7. The summed E-state index contributed by atoms with van der Waals surface area (Å²) in [5.74, 6) is -1.50. The maximum Gasteiger partial charge on any atom is 0.282 e. The number of benzene rings is 1. The fraction of sp³-hybridized carbons (Fsp3) is 0. The summed E-state index contributed by atoms with van der Waals surface area (Å²) in [4.78, 5) is 25.9. The number of nitrogens with zero attached hydrogens (tertiary/aromatic N) is 2. The van der Waals surface area contributed by atoms with Crippen LogP contribution in [-0.2, 0) is 0 Å². The van der Waals surface area contributed by atoms with Gasteiger partial charge >= 0.3 is 0 Å². The minimum absolute atomic E-state index is 0.348. The Hall–Kier alpha value is -2.35. The predicted octanol–water partition coefficient (Wildman–Crippen LogP) is 3.14. The molecule has 2 rings (SSSR count). The summed E-state index contributed by atoms with van der Waals surface area (Å²) in [6.45, 7) is 0. The molecule has 1 aromatic heterocycles. The second-order valence-electron chi connectivity index (χ2n) is 3.73. The van der Waals surface area contributed by atoms with Gasteiger partial charge in [-0.15, -0.1) is 0 Å². The van der Waals surface area contributed by atoms with Crippen molar-refractivity contribution >= 4 is 33.2 Å². The van der Waals surface area contributed by atoms with Gasteiger partial charge in [0.2, 0.25) is 0 Å². The SMILES string of the molecule is O=C(Nc1ccncc1Br)c1cc(F)ccc1[N+](=O)[O-]. The normalized spacial score (nSPS) is 10.1. The molecule has 1 aromatic carbocycles. The molecule has 6 nitrogen and oxygen atoms in total. The lowest BCUT2D eigenvalue weighted by Crippen LogP contribution is -2.14. The third kappa shape index (κ3) is 2.97. The van der Waals surface area contributed by atoms with E-state index in [0.717, 1.165) is 18.2 Å². The minimum Gasteiger partial charge on any atom is -0.321 e. The molecule has 1 amide bonds. The van der Waals surface area contributed by atoms with Gasteiger partial charge in [-0.05, 0) is 34.1 Å². The van der Waals surface area contributed by atoms with E-state index in [-0.39, 0.29) is 5.56 Å². The molecule has 0 atom stereocenters. The molecule has 1 N–H and O–H groups in total. The Morgan fingerprint density at radius 3 is 2.80 bits per heavy atom. The zero-order valence-electron chi connectivity index (χ0n) is 9.84. The van der Waals surface area contributed by atoms with Crippen LogP contribution in [0.4, 0.5) is 15.8 Å². The Morgan fingerprint density at radius 2 is 2.15 bits per heavy atom. The van der Waals surface area contributed by atoms with Crippen LogP contribution in [0.5, 0.6) is 0 Å². The zero-order valence-corrected chi connectivity index (χ0v) is 11.4. The van der Waals surface area contributed by atoms with Crippen molar-refractivity contribution in [2.45, 2.75) is 0 Å². The lowest BCUT2D eigenvalue weighted by Gasteiger charge is -2.07. The molecule has 2 aromatic rings. The number of amides is 1. The van der Waals surface area contributed by atoms with E-state index in [4.69, 9.17) is 0 Å². The Labute approximate surface area is 120 Å². The highest BCUT2D eigenvalue weighted by molar-refractivity contribution is 9.10. The molecular weight excluding hydrogens is 333 g/mol. The van der Waals surface area contributed by atoms with Gasteiger partial charge in [0.15, 0.2) is 0 Å². The van der Waals surface area contributed by atoms with Crippen molar-refractivity contribution in [3.8, 4) is 0 Å². The fourth-order valence-corrected chi connectivity index (χ4v) is 1.87. The van der Waals surface area contributed by atoms with Gasteiger partial charge in [-0.25, -0.2) is 4.39 Å². The average Bonchev–Trinajstić information content (AvgIpc) is 2.40. The Balaban J connectivity index is 2.37. The van der Waals surface area contributed by atoms with Crippen LogP contribution in [0.15, 0.2) is 41.1 Å². The summed E-state index contributed by atoms with van der Waals surface area (Å²) in [5, 5.41) is 13.3. The molecule has 0 fully saturated rings. The molecule has 0 aliphatic heterocycles. The molecule has 0 bridgehead atoms. The number of nitrogens with one attached hydrogen (secondary N) is 1. The number of nitro benzene ring substituents is 1. The van der Waals surface area contributed by atoms with Gasteiger partial charge in [-0.3, -0.25) is 19.9 Å². The van der Waals surface area contributed by atoms with Gasteiger partial charge in [-0.2, -0.15) is 0 Å². The van der Waals surface area contributed by atoms with Crippen molar-refractivity contribution in [3.63, 3.8) is 0 Å². The third-order valence-corrected chi connectivity index (χ3v) is 3.05. The van der Waals surface area contributed by atoms with Crippen molar-refractivity contribution in [2.24, 2.45) is 0 Å². The topological polar surface area (TPSA) is 85.1 Å². The average molecular weight is 340 g/mol. The molecule has 1 heterocycles.